The van der Waals surface area contributed by atoms with E-state index in [1.165, 1.54) is 22.3 Å². The molecular formula is C31H40N4O6S2. The minimum absolute atomic E-state index is 0.0810. The minimum atomic E-state index is -4.02. The quantitative estimate of drug-likeness (QED) is 0.299. The molecule has 0 unspecified atom stereocenters. The number of nitrogens with zero attached hydrogens (tertiary/aromatic N) is 2. The molecule has 4 rings (SSSR count). The summed E-state index contributed by atoms with van der Waals surface area (Å²) in [6.45, 7) is 8.06. The Kier molecular flexibility index (Phi) is 10.6. The Bertz CT molecular complexity index is 1540. The molecule has 0 spiro atoms. The molecule has 2 aromatic carbocycles. The second-order valence-corrected chi connectivity index (χ2v) is 14.2. The Morgan fingerprint density at radius 2 is 1.56 bits per heavy atom. The maximum Gasteiger partial charge on any atom is 0.262 e. The molecule has 3 aromatic rings. The van der Waals surface area contributed by atoms with Gasteiger partial charge in [0, 0.05) is 37.5 Å². The standard InChI is InChI=1S/C31H40N4O6S2/c1-20(2)17-25(32-29(37)27-19-23-7-5-6-8-26(23)42-27)31(39)35-14-12-34(13-15-35)30(38)24(11-16-36)33-43(40,41)28-10-9-21(3)18-22(28)4/h5-10,18-20,24-25,33,36H,11-17H2,1-4H3,(H,32,37)/t24-,25-/m0/s1. The van der Waals surface area contributed by atoms with Crippen LogP contribution in [0.15, 0.2) is 53.4 Å². The van der Waals surface area contributed by atoms with Gasteiger partial charge in [-0.1, -0.05) is 49.7 Å². The number of aryl methyl sites for hydroxylation is 2. The lowest BCUT2D eigenvalue weighted by Gasteiger charge is -2.38. The fraction of sp³-hybridized carbons (Fsp3) is 0.452. The minimum Gasteiger partial charge on any atom is -0.396 e. The highest BCUT2D eigenvalue weighted by Gasteiger charge is 2.34. The average molecular weight is 629 g/mol. The number of nitrogens with one attached hydrogen (secondary N) is 2. The number of thiophene rings is 1. The van der Waals surface area contributed by atoms with E-state index < -0.39 is 28.0 Å². The van der Waals surface area contributed by atoms with Crippen LogP contribution in [-0.4, -0.2) is 85.9 Å². The van der Waals surface area contributed by atoms with E-state index in [2.05, 4.69) is 10.0 Å². The zero-order valence-electron chi connectivity index (χ0n) is 25.0. The molecule has 12 heteroatoms. The molecule has 1 aliphatic rings. The molecule has 3 amide bonds. The van der Waals surface area contributed by atoms with Crippen LogP contribution in [0.25, 0.3) is 10.1 Å². The highest BCUT2D eigenvalue weighted by Crippen LogP contribution is 2.25. The number of aliphatic hydroxyl groups excluding tert-OH is 1. The third-order valence-electron chi connectivity index (χ3n) is 7.50. The van der Waals surface area contributed by atoms with Crippen molar-refractivity contribution in [2.75, 3.05) is 32.8 Å². The molecule has 0 radical (unpaired) electrons. The van der Waals surface area contributed by atoms with Gasteiger partial charge in [-0.05, 0) is 61.8 Å². The van der Waals surface area contributed by atoms with Crippen molar-refractivity contribution in [1.82, 2.24) is 19.8 Å². The van der Waals surface area contributed by atoms with Gasteiger partial charge in [-0.25, -0.2) is 8.42 Å². The predicted octanol–water partition coefficient (Wildman–Crippen LogP) is 3.06. The number of carbonyl (C=O) groups excluding carboxylic acids is 3. The van der Waals surface area contributed by atoms with Crippen molar-refractivity contribution in [1.29, 1.82) is 0 Å². The Labute approximate surface area is 257 Å². The van der Waals surface area contributed by atoms with E-state index in [-0.39, 0.29) is 61.8 Å². The fourth-order valence-corrected chi connectivity index (χ4v) is 7.73. The number of aliphatic hydroxyl groups is 1. The monoisotopic (exact) mass is 628 g/mol. The van der Waals surface area contributed by atoms with Crippen LogP contribution in [0.5, 0.6) is 0 Å². The molecule has 0 saturated carbocycles. The van der Waals surface area contributed by atoms with Crippen molar-refractivity contribution in [3.63, 3.8) is 0 Å². The SMILES string of the molecule is Cc1ccc(S(=O)(=O)N[C@@H](CCO)C(=O)N2CCN(C(=O)[C@H](CC(C)C)NC(=O)c3cc4ccccc4s3)CC2)c(C)c1. The van der Waals surface area contributed by atoms with Crippen LogP contribution in [0.4, 0.5) is 0 Å². The van der Waals surface area contributed by atoms with Gasteiger partial charge >= 0.3 is 0 Å². The van der Waals surface area contributed by atoms with Crippen molar-refractivity contribution in [2.45, 2.75) is 57.5 Å². The molecule has 1 aromatic heterocycles. The number of hydrogen-bond acceptors (Lipinski definition) is 7. The van der Waals surface area contributed by atoms with Crippen molar-refractivity contribution in [2.24, 2.45) is 5.92 Å². The van der Waals surface area contributed by atoms with Crippen LogP contribution in [0.1, 0.15) is 47.5 Å². The first-order valence-corrected chi connectivity index (χ1v) is 16.8. The van der Waals surface area contributed by atoms with Crippen LogP contribution >= 0.6 is 11.3 Å². The Balaban J connectivity index is 1.40. The van der Waals surface area contributed by atoms with Crippen molar-refractivity contribution >= 4 is 49.2 Å². The molecule has 2 heterocycles. The molecule has 3 N–H and O–H groups in total. The molecular weight excluding hydrogens is 588 g/mol. The molecule has 10 nitrogen and oxygen atoms in total. The van der Waals surface area contributed by atoms with Gasteiger partial charge < -0.3 is 20.2 Å². The van der Waals surface area contributed by atoms with E-state index in [1.807, 2.05) is 51.1 Å². The normalized spacial score (nSPS) is 15.5. The van der Waals surface area contributed by atoms with Gasteiger partial charge in [-0.3, -0.25) is 14.4 Å². The van der Waals surface area contributed by atoms with Gasteiger partial charge in [-0.15, -0.1) is 11.3 Å². The predicted molar refractivity (Wildman–Crippen MR) is 167 cm³/mol. The number of amides is 3. The summed E-state index contributed by atoms with van der Waals surface area (Å²) in [4.78, 5) is 43.9. The van der Waals surface area contributed by atoms with Crippen LogP contribution in [0.2, 0.25) is 0 Å². The zero-order chi connectivity index (χ0) is 31.3. The molecule has 232 valence electrons. The number of rotatable bonds is 11. The lowest BCUT2D eigenvalue weighted by molar-refractivity contribution is -0.141. The summed E-state index contributed by atoms with van der Waals surface area (Å²) in [6.07, 6.45) is 0.385. The third-order valence-corrected chi connectivity index (χ3v) is 10.2. The molecule has 0 aliphatic carbocycles. The van der Waals surface area contributed by atoms with Crippen molar-refractivity contribution < 1.29 is 27.9 Å². The molecule has 1 saturated heterocycles. The van der Waals surface area contributed by atoms with E-state index in [0.29, 0.717) is 16.9 Å². The summed E-state index contributed by atoms with van der Waals surface area (Å²) in [5.74, 6) is -0.801. The van der Waals surface area contributed by atoms with Gasteiger partial charge in [0.05, 0.1) is 9.77 Å². The summed E-state index contributed by atoms with van der Waals surface area (Å²) >= 11 is 1.38. The van der Waals surface area contributed by atoms with E-state index in [0.717, 1.165) is 15.6 Å². The number of carbonyl (C=O) groups is 3. The number of hydrogen-bond donors (Lipinski definition) is 3. The molecule has 1 fully saturated rings. The second kappa shape index (κ2) is 14.0. The first-order chi connectivity index (χ1) is 20.4. The van der Waals surface area contributed by atoms with Gasteiger partial charge in [0.2, 0.25) is 21.8 Å². The largest absolute Gasteiger partial charge is 0.396 e. The molecule has 0 bridgehead atoms. The van der Waals surface area contributed by atoms with E-state index in [9.17, 15) is 27.9 Å². The van der Waals surface area contributed by atoms with Gasteiger partial charge in [0.25, 0.3) is 5.91 Å². The maximum absolute atomic E-state index is 13.6. The number of piperazine rings is 1. The van der Waals surface area contributed by atoms with E-state index in [1.54, 1.807) is 24.0 Å². The molecule has 2 atom stereocenters. The van der Waals surface area contributed by atoms with Gasteiger partial charge in [0.15, 0.2) is 0 Å². The Morgan fingerprint density at radius 1 is 0.930 bits per heavy atom. The highest BCUT2D eigenvalue weighted by atomic mass is 32.2. The second-order valence-electron chi connectivity index (χ2n) is 11.4. The highest BCUT2D eigenvalue weighted by molar-refractivity contribution is 7.89. The van der Waals surface area contributed by atoms with Crippen LogP contribution in [0, 0.1) is 19.8 Å². The van der Waals surface area contributed by atoms with Gasteiger partial charge in [-0.2, -0.15) is 4.72 Å². The third kappa shape index (κ3) is 7.99. The Morgan fingerprint density at radius 3 is 2.14 bits per heavy atom. The number of benzene rings is 2. The summed E-state index contributed by atoms with van der Waals surface area (Å²) in [6, 6.07) is 12.6. The Hall–Kier alpha value is -3.32. The number of sulfonamides is 1. The smallest absolute Gasteiger partial charge is 0.262 e. The maximum atomic E-state index is 13.6. The van der Waals surface area contributed by atoms with Crippen molar-refractivity contribution in [3.05, 3.63) is 64.5 Å². The first-order valence-electron chi connectivity index (χ1n) is 14.5. The molecule has 43 heavy (non-hydrogen) atoms. The summed E-state index contributed by atoms with van der Waals surface area (Å²) in [7, 11) is -4.02. The average Bonchev–Trinajstić information content (AvgIpc) is 3.40. The fourth-order valence-electron chi connectivity index (χ4n) is 5.32. The van der Waals surface area contributed by atoms with Crippen LogP contribution in [0.3, 0.4) is 0 Å². The zero-order valence-corrected chi connectivity index (χ0v) is 26.6. The number of fused-ring (bicyclic) bond motifs is 1. The van der Waals surface area contributed by atoms with E-state index in [4.69, 9.17) is 0 Å². The van der Waals surface area contributed by atoms with Gasteiger partial charge in [0.1, 0.15) is 12.1 Å². The van der Waals surface area contributed by atoms with Crippen LogP contribution in [-0.2, 0) is 19.6 Å². The lowest BCUT2D eigenvalue weighted by Crippen LogP contribution is -2.58. The van der Waals surface area contributed by atoms with Crippen molar-refractivity contribution in [3.8, 4) is 0 Å². The first kappa shape index (κ1) is 32.6. The molecule has 1 aliphatic heterocycles. The topological polar surface area (TPSA) is 136 Å². The summed E-state index contributed by atoms with van der Waals surface area (Å²) in [5, 5.41) is 13.5. The van der Waals surface area contributed by atoms with E-state index >= 15 is 0 Å². The van der Waals surface area contributed by atoms with Crippen LogP contribution < -0.4 is 10.0 Å². The summed E-state index contributed by atoms with van der Waals surface area (Å²) < 4.78 is 29.7. The lowest BCUT2D eigenvalue weighted by atomic mass is 10.0. The summed E-state index contributed by atoms with van der Waals surface area (Å²) in [5.41, 5.74) is 1.48.